The molecule has 8 heteroatoms. The van der Waals surface area contributed by atoms with Crippen molar-refractivity contribution in [1.82, 2.24) is 10.6 Å². The molecule has 0 aromatic heterocycles. The lowest BCUT2D eigenvalue weighted by Gasteiger charge is -2.39. The second-order valence-electron chi connectivity index (χ2n) is 8.02. The molecule has 0 spiro atoms. The summed E-state index contributed by atoms with van der Waals surface area (Å²) in [6.45, 7) is 0.201. The van der Waals surface area contributed by atoms with E-state index in [4.69, 9.17) is 27.9 Å². The van der Waals surface area contributed by atoms with Gasteiger partial charge in [-0.15, -0.1) is 0 Å². The fourth-order valence-electron chi connectivity index (χ4n) is 4.46. The minimum absolute atomic E-state index is 0.00138. The van der Waals surface area contributed by atoms with E-state index in [0.717, 1.165) is 24.5 Å². The molecule has 0 heterocycles. The zero-order valence-corrected chi connectivity index (χ0v) is 17.6. The highest BCUT2D eigenvalue weighted by atomic mass is 35.5. The predicted molar refractivity (Wildman–Crippen MR) is 112 cm³/mol. The van der Waals surface area contributed by atoms with E-state index in [9.17, 15) is 14.0 Å². The maximum absolute atomic E-state index is 13.5. The Morgan fingerprint density at radius 2 is 1.93 bits per heavy atom. The number of carbonyl (C=O) groups is 2. The van der Waals surface area contributed by atoms with Crippen molar-refractivity contribution in [2.24, 2.45) is 11.8 Å². The van der Waals surface area contributed by atoms with Crippen LogP contribution in [0.2, 0.25) is 10.0 Å². The normalized spacial score (nSPS) is 24.1. The molecule has 2 N–H and O–H groups in total. The standard InChI is InChI=1S/C22H21Cl2FN2O3/c23-15-3-1-2-13(6-15)11-26-21(29)17-10-22(8-14(17)9-22)27-20(28)12-30-16-4-5-18(24)19(25)7-16/h1-7,14,17H,8-12H2,(H,26,29)(H,27,28)/t14?,17-,22?/m0/s1. The van der Waals surface area contributed by atoms with Crippen molar-refractivity contribution in [2.45, 2.75) is 31.3 Å². The smallest absolute Gasteiger partial charge is 0.258 e. The lowest BCUT2D eigenvalue weighted by Crippen LogP contribution is -2.53. The van der Waals surface area contributed by atoms with E-state index in [1.807, 2.05) is 18.2 Å². The third-order valence-electron chi connectivity index (χ3n) is 5.84. The average molecular weight is 451 g/mol. The van der Waals surface area contributed by atoms with Crippen molar-refractivity contribution >= 4 is 35.0 Å². The molecule has 2 amide bonds. The fraction of sp³-hybridized carbons (Fsp3) is 0.364. The van der Waals surface area contributed by atoms with Gasteiger partial charge in [0, 0.05) is 29.1 Å². The molecule has 3 saturated carbocycles. The van der Waals surface area contributed by atoms with Crippen LogP contribution >= 0.6 is 23.2 Å². The molecule has 3 aliphatic carbocycles. The molecule has 0 radical (unpaired) electrons. The molecule has 1 atom stereocenters. The first-order valence-corrected chi connectivity index (χ1v) is 10.5. The van der Waals surface area contributed by atoms with Gasteiger partial charge in [-0.25, -0.2) is 4.39 Å². The fourth-order valence-corrected chi connectivity index (χ4v) is 4.79. The molecule has 0 unspecified atom stereocenters. The first-order chi connectivity index (χ1) is 14.3. The van der Waals surface area contributed by atoms with E-state index in [1.165, 1.54) is 12.1 Å². The highest BCUT2D eigenvalue weighted by Gasteiger charge is 2.58. The monoisotopic (exact) mass is 450 g/mol. The molecule has 2 aromatic carbocycles. The van der Waals surface area contributed by atoms with Gasteiger partial charge in [-0.1, -0.05) is 35.3 Å². The van der Waals surface area contributed by atoms with Gasteiger partial charge < -0.3 is 15.4 Å². The van der Waals surface area contributed by atoms with Crippen LogP contribution in [-0.2, 0) is 16.1 Å². The van der Waals surface area contributed by atoms with Crippen LogP contribution in [0.3, 0.4) is 0 Å². The average Bonchev–Trinajstić information content (AvgIpc) is 3.23. The van der Waals surface area contributed by atoms with E-state index in [-0.39, 0.29) is 46.6 Å². The van der Waals surface area contributed by atoms with Crippen LogP contribution in [0.4, 0.5) is 4.39 Å². The molecule has 2 aromatic rings. The van der Waals surface area contributed by atoms with Gasteiger partial charge in [0.25, 0.3) is 5.91 Å². The van der Waals surface area contributed by atoms with Crippen LogP contribution in [-0.4, -0.2) is 24.0 Å². The van der Waals surface area contributed by atoms with E-state index in [2.05, 4.69) is 10.6 Å². The highest BCUT2D eigenvalue weighted by molar-refractivity contribution is 6.31. The Labute approximate surface area is 183 Å². The highest BCUT2D eigenvalue weighted by Crippen LogP contribution is 2.55. The predicted octanol–water partition coefficient (Wildman–Crippen LogP) is 4.11. The van der Waals surface area contributed by atoms with Crippen molar-refractivity contribution in [3.05, 3.63) is 63.9 Å². The van der Waals surface area contributed by atoms with Crippen LogP contribution in [0.1, 0.15) is 24.8 Å². The summed E-state index contributed by atoms with van der Waals surface area (Å²) < 4.78 is 18.8. The molecular formula is C22H21Cl2FN2O3. The molecule has 2 bridgehead atoms. The van der Waals surface area contributed by atoms with Gasteiger partial charge in [0.15, 0.2) is 6.61 Å². The maximum atomic E-state index is 13.5. The van der Waals surface area contributed by atoms with Gasteiger partial charge in [0.1, 0.15) is 11.6 Å². The largest absolute Gasteiger partial charge is 0.484 e. The number of benzene rings is 2. The van der Waals surface area contributed by atoms with Crippen molar-refractivity contribution < 1.29 is 18.7 Å². The summed E-state index contributed by atoms with van der Waals surface area (Å²) in [6, 6.07) is 11.4. The third kappa shape index (κ3) is 4.55. The van der Waals surface area contributed by atoms with Gasteiger partial charge in [-0.3, -0.25) is 9.59 Å². The first kappa shape index (κ1) is 20.9. The lowest BCUT2D eigenvalue weighted by molar-refractivity contribution is -0.126. The van der Waals surface area contributed by atoms with Crippen LogP contribution in [0, 0.1) is 17.7 Å². The van der Waals surface area contributed by atoms with Crippen LogP contribution in [0.15, 0.2) is 42.5 Å². The first-order valence-electron chi connectivity index (χ1n) is 9.75. The minimum Gasteiger partial charge on any atom is -0.484 e. The Bertz CT molecular complexity index is 979. The lowest BCUT2D eigenvalue weighted by atomic mass is 9.76. The topological polar surface area (TPSA) is 67.4 Å². The van der Waals surface area contributed by atoms with Gasteiger partial charge >= 0.3 is 0 Å². The Hall–Kier alpha value is -2.31. The number of halogens is 3. The van der Waals surface area contributed by atoms with Crippen molar-refractivity contribution in [2.75, 3.05) is 6.61 Å². The summed E-state index contributed by atoms with van der Waals surface area (Å²) in [5.41, 5.74) is 0.592. The summed E-state index contributed by atoms with van der Waals surface area (Å²) >= 11 is 11.6. The summed E-state index contributed by atoms with van der Waals surface area (Å²) in [5, 5.41) is 6.60. The molecule has 3 fully saturated rings. The number of hydrogen-bond donors (Lipinski definition) is 2. The number of rotatable bonds is 7. The van der Waals surface area contributed by atoms with Crippen LogP contribution in [0.25, 0.3) is 0 Å². The number of carbonyl (C=O) groups excluding carboxylic acids is 2. The van der Waals surface area contributed by atoms with Crippen molar-refractivity contribution in [3.8, 4) is 5.75 Å². The zero-order chi connectivity index (χ0) is 21.3. The van der Waals surface area contributed by atoms with Crippen LogP contribution < -0.4 is 15.4 Å². The van der Waals surface area contributed by atoms with Gasteiger partial charge in [-0.05, 0) is 55.0 Å². The third-order valence-corrected chi connectivity index (χ3v) is 6.39. The van der Waals surface area contributed by atoms with Crippen molar-refractivity contribution in [3.63, 3.8) is 0 Å². The molecule has 5 nitrogen and oxygen atoms in total. The van der Waals surface area contributed by atoms with Gasteiger partial charge in [0.05, 0.1) is 5.02 Å². The van der Waals surface area contributed by atoms with E-state index in [1.54, 1.807) is 6.07 Å². The summed E-state index contributed by atoms with van der Waals surface area (Å²) in [7, 11) is 0. The molecule has 30 heavy (non-hydrogen) atoms. The Balaban J connectivity index is 1.25. The molecule has 5 rings (SSSR count). The number of hydrogen-bond acceptors (Lipinski definition) is 3. The quantitative estimate of drug-likeness (QED) is 0.666. The molecular weight excluding hydrogens is 430 g/mol. The SMILES string of the molecule is O=C(COc1ccc(Cl)c(F)c1)NC12CC(C1)[C@@H](C(=O)NCc1cccc(Cl)c1)C2. The maximum Gasteiger partial charge on any atom is 0.258 e. The van der Waals surface area contributed by atoms with E-state index >= 15 is 0 Å². The number of fused-ring (bicyclic) bond motifs is 1. The van der Waals surface area contributed by atoms with Crippen molar-refractivity contribution in [1.29, 1.82) is 0 Å². The molecule has 3 aliphatic rings. The number of amides is 2. The Kier molecular flexibility index (Phi) is 5.89. The minimum atomic E-state index is -0.600. The van der Waals surface area contributed by atoms with E-state index < -0.39 is 5.82 Å². The second-order valence-corrected chi connectivity index (χ2v) is 8.86. The summed E-state index contributed by atoms with van der Waals surface area (Å²) in [6.07, 6.45) is 2.17. The Morgan fingerprint density at radius 1 is 1.13 bits per heavy atom. The Morgan fingerprint density at radius 3 is 2.67 bits per heavy atom. The summed E-state index contributed by atoms with van der Waals surface area (Å²) in [4.78, 5) is 24.9. The van der Waals surface area contributed by atoms with E-state index in [0.29, 0.717) is 18.0 Å². The molecule has 0 saturated heterocycles. The van der Waals surface area contributed by atoms with Crippen LogP contribution in [0.5, 0.6) is 5.75 Å². The zero-order valence-electron chi connectivity index (χ0n) is 16.1. The number of ether oxygens (including phenoxy) is 1. The van der Waals surface area contributed by atoms with Gasteiger partial charge in [-0.2, -0.15) is 0 Å². The summed E-state index contributed by atoms with van der Waals surface area (Å²) in [5.74, 6) is -0.491. The molecule has 0 aliphatic heterocycles. The molecule has 158 valence electrons. The number of nitrogens with one attached hydrogen (secondary N) is 2. The second kappa shape index (κ2) is 8.44. The van der Waals surface area contributed by atoms with Gasteiger partial charge in [0.2, 0.25) is 5.91 Å².